The third-order valence-electron chi connectivity index (χ3n) is 5.80. The molecule has 1 aromatic rings. The Bertz CT molecular complexity index is 515. The summed E-state index contributed by atoms with van der Waals surface area (Å²) in [4.78, 5) is 14.1. The number of benzene rings is 1. The summed E-state index contributed by atoms with van der Waals surface area (Å²) in [6, 6.07) is 10.1. The van der Waals surface area contributed by atoms with Gasteiger partial charge in [0.15, 0.2) is 0 Å². The Kier molecular flexibility index (Phi) is 7.91. The minimum absolute atomic E-state index is 0.279. The van der Waals surface area contributed by atoms with Gasteiger partial charge in [-0.25, -0.2) is 0 Å². The molecule has 4 heteroatoms. The molecule has 0 amide bonds. The van der Waals surface area contributed by atoms with Crippen LogP contribution in [0.1, 0.15) is 51.5 Å². The average Bonchev–Trinajstić information content (AvgIpc) is 2.95. The first kappa shape index (κ1) is 19.9. The maximum absolute atomic E-state index is 11.9. The molecule has 0 aliphatic carbocycles. The van der Waals surface area contributed by atoms with Gasteiger partial charge in [0, 0.05) is 19.7 Å². The van der Waals surface area contributed by atoms with Gasteiger partial charge in [0.05, 0.1) is 6.61 Å². The van der Waals surface area contributed by atoms with Crippen molar-refractivity contribution in [2.45, 2.75) is 64.6 Å². The van der Waals surface area contributed by atoms with Crippen molar-refractivity contribution in [1.29, 1.82) is 0 Å². The zero-order chi connectivity index (χ0) is 18.2. The molecule has 1 aliphatic heterocycles. The lowest BCUT2D eigenvalue weighted by atomic mass is 9.90. The summed E-state index contributed by atoms with van der Waals surface area (Å²) in [5.41, 5.74) is 1.18. The predicted molar refractivity (Wildman–Crippen MR) is 100 cm³/mol. The summed E-state index contributed by atoms with van der Waals surface area (Å²) in [6.45, 7) is 5.84. The van der Waals surface area contributed by atoms with Gasteiger partial charge in [0.1, 0.15) is 6.04 Å². The highest BCUT2D eigenvalue weighted by Crippen LogP contribution is 2.36. The monoisotopic (exact) mass is 347 g/mol. The topological polar surface area (TPSA) is 49.8 Å². The minimum atomic E-state index is -0.706. The van der Waals surface area contributed by atoms with E-state index in [2.05, 4.69) is 30.9 Å². The summed E-state index contributed by atoms with van der Waals surface area (Å²) in [6.07, 6.45) is 5.29. The second-order valence-corrected chi connectivity index (χ2v) is 7.29. The van der Waals surface area contributed by atoms with Gasteiger partial charge in [-0.1, -0.05) is 57.0 Å². The number of hydrogen-bond acceptors (Lipinski definition) is 3. The van der Waals surface area contributed by atoms with E-state index in [-0.39, 0.29) is 6.04 Å². The molecule has 0 bridgehead atoms. The number of likely N-dealkylation sites (tertiary alicyclic amines) is 1. The average molecular weight is 347 g/mol. The minimum Gasteiger partial charge on any atom is -0.480 e. The van der Waals surface area contributed by atoms with E-state index in [4.69, 9.17) is 4.74 Å². The van der Waals surface area contributed by atoms with Crippen molar-refractivity contribution in [1.82, 2.24) is 4.90 Å². The fourth-order valence-corrected chi connectivity index (χ4v) is 4.24. The molecule has 1 aromatic carbocycles. The molecular weight excluding hydrogens is 314 g/mol. The number of carboxylic acids is 1. The Morgan fingerprint density at radius 1 is 1.28 bits per heavy atom. The van der Waals surface area contributed by atoms with Crippen LogP contribution in [-0.4, -0.2) is 41.8 Å². The van der Waals surface area contributed by atoms with Gasteiger partial charge in [-0.05, 0) is 36.7 Å². The summed E-state index contributed by atoms with van der Waals surface area (Å²) in [7, 11) is 1.72. The second-order valence-electron chi connectivity index (χ2n) is 7.29. The second kappa shape index (κ2) is 9.93. The van der Waals surface area contributed by atoms with Crippen molar-refractivity contribution in [2.75, 3.05) is 13.7 Å². The van der Waals surface area contributed by atoms with Gasteiger partial charge < -0.3 is 9.84 Å². The van der Waals surface area contributed by atoms with E-state index in [9.17, 15) is 9.90 Å². The number of carbonyl (C=O) groups is 1. The fraction of sp³-hybridized carbons (Fsp3) is 0.667. The van der Waals surface area contributed by atoms with E-state index in [1.165, 1.54) is 18.4 Å². The van der Waals surface area contributed by atoms with Gasteiger partial charge >= 0.3 is 5.97 Å². The van der Waals surface area contributed by atoms with Crippen LogP contribution in [0.15, 0.2) is 30.3 Å². The van der Waals surface area contributed by atoms with Crippen molar-refractivity contribution in [3.63, 3.8) is 0 Å². The van der Waals surface area contributed by atoms with Crippen molar-refractivity contribution in [3.8, 4) is 0 Å². The first-order valence-electron chi connectivity index (χ1n) is 9.62. The van der Waals surface area contributed by atoms with Gasteiger partial charge in [-0.3, -0.25) is 9.69 Å². The summed E-state index contributed by atoms with van der Waals surface area (Å²) < 4.78 is 5.42. The van der Waals surface area contributed by atoms with Crippen molar-refractivity contribution >= 4 is 5.97 Å². The van der Waals surface area contributed by atoms with Crippen LogP contribution in [0.5, 0.6) is 0 Å². The van der Waals surface area contributed by atoms with Crippen molar-refractivity contribution in [3.05, 3.63) is 35.9 Å². The predicted octanol–water partition coefficient (Wildman–Crippen LogP) is 4.19. The number of nitrogens with zero attached hydrogens (tertiary/aromatic N) is 1. The largest absolute Gasteiger partial charge is 0.480 e. The third-order valence-corrected chi connectivity index (χ3v) is 5.80. The lowest BCUT2D eigenvalue weighted by molar-refractivity contribution is -0.142. The first-order chi connectivity index (χ1) is 12.1. The normalized spacial score (nSPS) is 24.1. The highest BCUT2D eigenvalue weighted by atomic mass is 16.5. The van der Waals surface area contributed by atoms with Crippen molar-refractivity contribution < 1.29 is 14.6 Å². The highest BCUT2D eigenvalue weighted by molar-refractivity contribution is 5.74. The van der Waals surface area contributed by atoms with Crippen molar-refractivity contribution in [2.24, 2.45) is 11.8 Å². The zero-order valence-electron chi connectivity index (χ0n) is 15.9. The molecule has 0 radical (unpaired) electrons. The standard InChI is InChI=1S/C21H33NO3/c1-4-16(5-2)11-12-19-18(15-25-3)13-20(21(23)24)22(19)14-17-9-7-6-8-10-17/h6-10,16,18-20H,4-5,11-15H2,1-3H3,(H,23,24)/t18-,19?,20+/m0/s1. The van der Waals surface area contributed by atoms with Crippen LogP contribution in [0.3, 0.4) is 0 Å². The Morgan fingerprint density at radius 3 is 2.52 bits per heavy atom. The van der Waals surface area contributed by atoms with Crippen LogP contribution in [-0.2, 0) is 16.1 Å². The van der Waals surface area contributed by atoms with Crippen LogP contribution < -0.4 is 0 Å². The van der Waals surface area contributed by atoms with E-state index in [1.807, 2.05) is 18.2 Å². The summed E-state index contributed by atoms with van der Waals surface area (Å²) in [5, 5.41) is 9.75. The molecule has 140 valence electrons. The zero-order valence-corrected chi connectivity index (χ0v) is 15.9. The molecule has 4 nitrogen and oxygen atoms in total. The van der Waals surface area contributed by atoms with Gasteiger partial charge in [-0.2, -0.15) is 0 Å². The molecule has 1 unspecified atom stereocenters. The summed E-state index contributed by atoms with van der Waals surface area (Å²) in [5.74, 6) is 0.317. The Labute approximate surface area is 152 Å². The maximum Gasteiger partial charge on any atom is 0.320 e. The smallest absolute Gasteiger partial charge is 0.320 e. The summed E-state index contributed by atoms with van der Waals surface area (Å²) >= 11 is 0. The molecule has 1 heterocycles. The molecule has 0 spiro atoms. The van der Waals surface area contributed by atoms with E-state index in [0.29, 0.717) is 25.5 Å². The van der Waals surface area contributed by atoms with Gasteiger partial charge in [-0.15, -0.1) is 0 Å². The number of rotatable bonds is 10. The maximum atomic E-state index is 11.9. The highest BCUT2D eigenvalue weighted by Gasteiger charge is 2.44. The quantitative estimate of drug-likeness (QED) is 0.689. The van der Waals surface area contributed by atoms with Crippen LogP contribution in [0.2, 0.25) is 0 Å². The van der Waals surface area contributed by atoms with E-state index >= 15 is 0 Å². The van der Waals surface area contributed by atoms with Gasteiger partial charge in [0.25, 0.3) is 0 Å². The molecule has 1 aliphatic rings. The molecule has 1 fully saturated rings. The Balaban J connectivity index is 2.18. The van der Waals surface area contributed by atoms with E-state index in [0.717, 1.165) is 18.8 Å². The third kappa shape index (κ3) is 5.29. The van der Waals surface area contributed by atoms with Gasteiger partial charge in [0.2, 0.25) is 0 Å². The lowest BCUT2D eigenvalue weighted by Gasteiger charge is -2.31. The Morgan fingerprint density at radius 2 is 1.96 bits per heavy atom. The van der Waals surface area contributed by atoms with Crippen LogP contribution >= 0.6 is 0 Å². The van der Waals surface area contributed by atoms with Crippen LogP contribution in [0.4, 0.5) is 0 Å². The Hall–Kier alpha value is -1.39. The molecular formula is C21H33NO3. The number of hydrogen-bond donors (Lipinski definition) is 1. The molecule has 0 aromatic heterocycles. The SMILES string of the molecule is CCC(CC)CCC1[C@H](COC)C[C@H](C(=O)O)N1Cc1ccccc1. The van der Waals surface area contributed by atoms with E-state index < -0.39 is 12.0 Å². The molecule has 25 heavy (non-hydrogen) atoms. The molecule has 1 N–H and O–H groups in total. The van der Waals surface area contributed by atoms with Crippen LogP contribution in [0.25, 0.3) is 0 Å². The molecule has 2 rings (SSSR count). The number of ether oxygens (including phenoxy) is 1. The van der Waals surface area contributed by atoms with Crippen LogP contribution in [0, 0.1) is 11.8 Å². The number of aliphatic carboxylic acids is 1. The first-order valence-corrected chi connectivity index (χ1v) is 9.62. The fourth-order valence-electron chi connectivity index (χ4n) is 4.24. The van der Waals surface area contributed by atoms with E-state index in [1.54, 1.807) is 7.11 Å². The number of carboxylic acid groups (broad SMARTS) is 1. The molecule has 3 atom stereocenters. The lowest BCUT2D eigenvalue weighted by Crippen LogP contribution is -2.41. The molecule has 1 saturated heterocycles. The molecule has 0 saturated carbocycles. The number of methoxy groups -OCH3 is 1.